The van der Waals surface area contributed by atoms with Gasteiger partial charge < -0.3 is 4.90 Å². The van der Waals surface area contributed by atoms with E-state index in [9.17, 15) is 0 Å². The lowest BCUT2D eigenvalue weighted by Crippen LogP contribution is -2.35. The Hall–Kier alpha value is -0.860. The summed E-state index contributed by atoms with van der Waals surface area (Å²) in [7, 11) is 2.25. The van der Waals surface area contributed by atoms with Crippen molar-refractivity contribution in [2.75, 3.05) is 33.2 Å². The predicted molar refractivity (Wildman–Crippen MR) is 85.1 cm³/mol. The van der Waals surface area contributed by atoms with E-state index in [1.54, 1.807) is 11.1 Å². The number of benzene rings is 1. The van der Waals surface area contributed by atoms with Crippen LogP contribution in [0.25, 0.3) is 0 Å². The van der Waals surface area contributed by atoms with Gasteiger partial charge in [-0.3, -0.25) is 4.90 Å². The molecule has 1 unspecified atom stereocenters. The molecule has 0 bridgehead atoms. The number of fused-ring (bicyclic) bond motifs is 1. The summed E-state index contributed by atoms with van der Waals surface area (Å²) >= 11 is 0. The van der Waals surface area contributed by atoms with Gasteiger partial charge >= 0.3 is 0 Å². The van der Waals surface area contributed by atoms with Crippen LogP contribution in [0.2, 0.25) is 0 Å². The summed E-state index contributed by atoms with van der Waals surface area (Å²) in [6.45, 7) is 10.8. The highest BCUT2D eigenvalue weighted by atomic mass is 15.2. The first kappa shape index (κ1) is 14.1. The Bertz CT molecular complexity index is 466. The molecule has 1 saturated heterocycles. The van der Waals surface area contributed by atoms with Crippen molar-refractivity contribution in [3.63, 3.8) is 0 Å². The molecule has 0 N–H and O–H groups in total. The van der Waals surface area contributed by atoms with Crippen molar-refractivity contribution < 1.29 is 0 Å². The Kier molecular flexibility index (Phi) is 4.13. The maximum Gasteiger partial charge on any atom is 0.0236 e. The Labute approximate surface area is 123 Å². The fourth-order valence-corrected chi connectivity index (χ4v) is 3.69. The van der Waals surface area contributed by atoms with Crippen LogP contribution in [0.1, 0.15) is 42.9 Å². The lowest BCUT2D eigenvalue weighted by Gasteiger charge is -2.31. The Morgan fingerprint density at radius 2 is 2.05 bits per heavy atom. The number of rotatable bonds is 3. The van der Waals surface area contributed by atoms with E-state index in [1.165, 1.54) is 44.6 Å². The van der Waals surface area contributed by atoms with E-state index in [-0.39, 0.29) is 0 Å². The maximum absolute atomic E-state index is 2.68. The minimum atomic E-state index is 0.638. The summed E-state index contributed by atoms with van der Waals surface area (Å²) in [4.78, 5) is 5.15. The Morgan fingerprint density at radius 3 is 2.75 bits per heavy atom. The molecule has 2 aliphatic heterocycles. The van der Waals surface area contributed by atoms with E-state index in [1.807, 2.05) is 0 Å². The van der Waals surface area contributed by atoms with Crippen LogP contribution in [0.15, 0.2) is 18.2 Å². The highest BCUT2D eigenvalue weighted by molar-refractivity contribution is 5.35. The molecule has 110 valence electrons. The zero-order chi connectivity index (χ0) is 14.1. The topological polar surface area (TPSA) is 6.48 Å². The minimum absolute atomic E-state index is 0.638. The van der Waals surface area contributed by atoms with Crippen molar-refractivity contribution in [2.45, 2.75) is 39.2 Å². The summed E-state index contributed by atoms with van der Waals surface area (Å²) in [6.07, 6.45) is 2.61. The third-order valence-electron chi connectivity index (χ3n) is 4.99. The average Bonchev–Trinajstić information content (AvgIpc) is 2.83. The van der Waals surface area contributed by atoms with Gasteiger partial charge in [0.25, 0.3) is 0 Å². The van der Waals surface area contributed by atoms with Crippen molar-refractivity contribution in [2.24, 2.45) is 5.92 Å². The van der Waals surface area contributed by atoms with Gasteiger partial charge in [0.2, 0.25) is 0 Å². The van der Waals surface area contributed by atoms with E-state index in [4.69, 9.17) is 0 Å². The zero-order valence-corrected chi connectivity index (χ0v) is 13.2. The van der Waals surface area contributed by atoms with E-state index in [0.717, 1.165) is 12.5 Å². The number of hydrogen-bond donors (Lipinski definition) is 0. The summed E-state index contributed by atoms with van der Waals surface area (Å²) in [5.41, 5.74) is 4.65. The molecule has 1 aromatic carbocycles. The Balaban J connectivity index is 1.66. The maximum atomic E-state index is 2.68. The molecular weight excluding hydrogens is 244 g/mol. The molecule has 0 spiro atoms. The van der Waals surface area contributed by atoms with Gasteiger partial charge in [0.15, 0.2) is 0 Å². The Morgan fingerprint density at radius 1 is 1.20 bits per heavy atom. The molecule has 2 aliphatic rings. The van der Waals surface area contributed by atoms with Gasteiger partial charge in [-0.1, -0.05) is 32.0 Å². The SMILES string of the molecule is CC(C)c1ccc2c(c1)CN(CC1CCN(C)C1)CC2. The number of hydrogen-bond acceptors (Lipinski definition) is 2. The lowest BCUT2D eigenvalue weighted by molar-refractivity contribution is 0.214. The minimum Gasteiger partial charge on any atom is -0.306 e. The normalized spacial score (nSPS) is 24.3. The quantitative estimate of drug-likeness (QED) is 0.834. The van der Waals surface area contributed by atoms with Gasteiger partial charge in [0.1, 0.15) is 0 Å². The van der Waals surface area contributed by atoms with E-state index in [0.29, 0.717) is 5.92 Å². The predicted octanol–water partition coefficient (Wildman–Crippen LogP) is 3.12. The standard InChI is InChI=1S/C18H28N2/c1-14(2)17-5-4-16-7-9-20(13-18(16)10-17)12-15-6-8-19(3)11-15/h4-5,10,14-15H,6-9,11-13H2,1-3H3. The summed E-state index contributed by atoms with van der Waals surface area (Å²) < 4.78 is 0. The molecule has 20 heavy (non-hydrogen) atoms. The molecule has 2 heteroatoms. The van der Waals surface area contributed by atoms with Crippen molar-refractivity contribution in [1.82, 2.24) is 9.80 Å². The van der Waals surface area contributed by atoms with Crippen molar-refractivity contribution in [1.29, 1.82) is 0 Å². The van der Waals surface area contributed by atoms with Crippen molar-refractivity contribution >= 4 is 0 Å². The third-order valence-corrected chi connectivity index (χ3v) is 4.99. The molecule has 2 heterocycles. The molecular formula is C18H28N2. The highest BCUT2D eigenvalue weighted by Gasteiger charge is 2.24. The second kappa shape index (κ2) is 5.87. The van der Waals surface area contributed by atoms with E-state index < -0.39 is 0 Å². The zero-order valence-electron chi connectivity index (χ0n) is 13.2. The second-order valence-corrected chi connectivity index (χ2v) is 7.08. The van der Waals surface area contributed by atoms with Crippen LogP contribution >= 0.6 is 0 Å². The smallest absolute Gasteiger partial charge is 0.0236 e. The van der Waals surface area contributed by atoms with E-state index >= 15 is 0 Å². The second-order valence-electron chi connectivity index (χ2n) is 7.08. The first-order valence-electron chi connectivity index (χ1n) is 8.14. The van der Waals surface area contributed by atoms with Gasteiger partial charge in [-0.25, -0.2) is 0 Å². The summed E-state index contributed by atoms with van der Waals surface area (Å²) in [6, 6.07) is 7.14. The largest absolute Gasteiger partial charge is 0.306 e. The molecule has 1 aromatic rings. The van der Waals surface area contributed by atoms with Crippen LogP contribution in [0.4, 0.5) is 0 Å². The fraction of sp³-hybridized carbons (Fsp3) is 0.667. The van der Waals surface area contributed by atoms with Crippen LogP contribution in [0.3, 0.4) is 0 Å². The van der Waals surface area contributed by atoms with Gasteiger partial charge in [-0.05, 0) is 55.0 Å². The van der Waals surface area contributed by atoms with Crippen molar-refractivity contribution in [3.8, 4) is 0 Å². The molecule has 2 nitrogen and oxygen atoms in total. The van der Waals surface area contributed by atoms with Gasteiger partial charge in [0.05, 0.1) is 0 Å². The molecule has 1 atom stereocenters. The van der Waals surface area contributed by atoms with Crippen LogP contribution in [0.5, 0.6) is 0 Å². The first-order chi connectivity index (χ1) is 9.61. The lowest BCUT2D eigenvalue weighted by atomic mass is 9.93. The van der Waals surface area contributed by atoms with Crippen LogP contribution < -0.4 is 0 Å². The van der Waals surface area contributed by atoms with E-state index in [2.05, 4.69) is 48.9 Å². The molecule has 0 radical (unpaired) electrons. The number of likely N-dealkylation sites (tertiary alicyclic amines) is 1. The molecule has 0 amide bonds. The van der Waals surface area contributed by atoms with Gasteiger partial charge in [0, 0.05) is 26.2 Å². The number of nitrogens with zero attached hydrogens (tertiary/aromatic N) is 2. The third kappa shape index (κ3) is 3.07. The first-order valence-corrected chi connectivity index (χ1v) is 8.14. The molecule has 3 rings (SSSR count). The fourth-order valence-electron chi connectivity index (χ4n) is 3.69. The van der Waals surface area contributed by atoms with Crippen LogP contribution in [-0.2, 0) is 13.0 Å². The molecule has 0 saturated carbocycles. The molecule has 1 fully saturated rings. The highest BCUT2D eigenvalue weighted by Crippen LogP contribution is 2.25. The van der Waals surface area contributed by atoms with Gasteiger partial charge in [-0.15, -0.1) is 0 Å². The van der Waals surface area contributed by atoms with Gasteiger partial charge in [-0.2, -0.15) is 0 Å². The monoisotopic (exact) mass is 272 g/mol. The van der Waals surface area contributed by atoms with Crippen molar-refractivity contribution in [3.05, 3.63) is 34.9 Å². The van der Waals surface area contributed by atoms with Crippen LogP contribution in [-0.4, -0.2) is 43.0 Å². The van der Waals surface area contributed by atoms with Crippen LogP contribution in [0, 0.1) is 5.92 Å². The molecule has 0 aromatic heterocycles. The summed E-state index contributed by atoms with van der Waals surface area (Å²) in [5.74, 6) is 1.52. The molecule has 0 aliphatic carbocycles. The summed E-state index contributed by atoms with van der Waals surface area (Å²) in [5, 5.41) is 0. The average molecular weight is 272 g/mol.